The van der Waals surface area contributed by atoms with Gasteiger partial charge in [0.25, 0.3) is 0 Å². The molecule has 0 saturated carbocycles. The van der Waals surface area contributed by atoms with Crippen molar-refractivity contribution in [3.05, 3.63) is 29.8 Å². The highest BCUT2D eigenvalue weighted by atomic mass is 32.1. The quantitative estimate of drug-likeness (QED) is 0.536. The smallest absolute Gasteiger partial charge is 0.337 e. The van der Waals surface area contributed by atoms with Crippen molar-refractivity contribution >= 4 is 18.6 Å². The van der Waals surface area contributed by atoms with Crippen LogP contribution < -0.4 is 0 Å². The van der Waals surface area contributed by atoms with Crippen LogP contribution in [-0.4, -0.2) is 13.1 Å². The summed E-state index contributed by atoms with van der Waals surface area (Å²) in [5, 5.41) is 0. The van der Waals surface area contributed by atoms with Gasteiger partial charge in [0.2, 0.25) is 0 Å². The fourth-order valence-corrected chi connectivity index (χ4v) is 0.976. The van der Waals surface area contributed by atoms with Crippen molar-refractivity contribution in [3.8, 4) is 0 Å². The molecule has 12 heavy (non-hydrogen) atoms. The minimum atomic E-state index is -0.332. The predicted octanol–water partition coefficient (Wildman–Crippen LogP) is 2.40. The summed E-state index contributed by atoms with van der Waals surface area (Å²) in [7, 11) is 1.35. The summed E-state index contributed by atoms with van der Waals surface area (Å²) in [4.78, 5) is 11.7. The zero-order chi connectivity index (χ0) is 8.27. The van der Waals surface area contributed by atoms with Crippen LogP contribution in [0.15, 0.2) is 29.2 Å². The number of methoxy groups -OCH3 is 1. The fraction of sp³-hybridized carbons (Fsp3) is 0.222. The highest BCUT2D eigenvalue weighted by molar-refractivity contribution is 7.80. The Bertz CT molecular complexity index is 271. The lowest BCUT2D eigenvalue weighted by Gasteiger charge is -1.98. The summed E-state index contributed by atoms with van der Waals surface area (Å²) in [6.45, 7) is 0. The molecule has 0 fully saturated rings. The molecule has 1 aromatic rings. The van der Waals surface area contributed by atoms with E-state index in [1.165, 1.54) is 7.11 Å². The summed E-state index contributed by atoms with van der Waals surface area (Å²) < 4.78 is 4.52. The number of rotatable bonds is 1. The van der Waals surface area contributed by atoms with Crippen LogP contribution >= 0.6 is 12.6 Å². The Morgan fingerprint density at radius 1 is 1.50 bits per heavy atom. The molecule has 0 bridgehead atoms. The van der Waals surface area contributed by atoms with Crippen molar-refractivity contribution in [1.82, 2.24) is 0 Å². The lowest BCUT2D eigenvalue weighted by molar-refractivity contribution is 0.0600. The molecule has 0 atom stereocenters. The summed E-state index contributed by atoms with van der Waals surface area (Å²) >= 11 is 4.08. The first-order chi connectivity index (χ1) is 5.24. The maximum atomic E-state index is 10.9. The van der Waals surface area contributed by atoms with Crippen LogP contribution in [0.5, 0.6) is 0 Å². The first kappa shape index (κ1) is 11.0. The molecule has 0 aliphatic heterocycles. The third kappa shape index (κ3) is 2.58. The molecule has 1 aromatic carbocycles. The molecule has 0 heterocycles. The van der Waals surface area contributed by atoms with Gasteiger partial charge >= 0.3 is 5.97 Å². The lowest BCUT2D eigenvalue weighted by atomic mass is 10.2. The van der Waals surface area contributed by atoms with E-state index in [1.54, 1.807) is 24.3 Å². The third-order valence-electron chi connectivity index (χ3n) is 1.27. The monoisotopic (exact) mass is 184 g/mol. The zero-order valence-electron chi connectivity index (χ0n) is 6.07. The molecule has 3 heteroatoms. The van der Waals surface area contributed by atoms with E-state index in [2.05, 4.69) is 17.4 Å². The molecule has 66 valence electrons. The fourth-order valence-electron chi connectivity index (χ4n) is 0.751. The van der Waals surface area contributed by atoms with E-state index in [0.717, 1.165) is 4.90 Å². The van der Waals surface area contributed by atoms with Gasteiger partial charge in [-0.25, -0.2) is 4.79 Å². The van der Waals surface area contributed by atoms with E-state index >= 15 is 0 Å². The van der Waals surface area contributed by atoms with Crippen LogP contribution in [0.2, 0.25) is 0 Å². The number of hydrogen-bond acceptors (Lipinski definition) is 3. The van der Waals surface area contributed by atoms with E-state index < -0.39 is 0 Å². The Kier molecular flexibility index (Phi) is 4.44. The normalized spacial score (nSPS) is 8.50. The van der Waals surface area contributed by atoms with Crippen LogP contribution in [0, 0.1) is 0 Å². The predicted molar refractivity (Wildman–Crippen MR) is 51.8 cm³/mol. The van der Waals surface area contributed by atoms with E-state index in [1.807, 2.05) is 0 Å². The molecule has 0 aromatic heterocycles. The number of carbonyl (C=O) groups is 1. The van der Waals surface area contributed by atoms with Crippen LogP contribution in [0.3, 0.4) is 0 Å². The van der Waals surface area contributed by atoms with Gasteiger partial charge in [-0.3, -0.25) is 0 Å². The molecular weight excluding hydrogens is 172 g/mol. The molecule has 0 N–H and O–H groups in total. The second kappa shape index (κ2) is 4.83. The SMILES string of the molecule is C.COC(=O)c1cccc(S)c1. The minimum absolute atomic E-state index is 0. The molecule has 0 unspecified atom stereocenters. The van der Waals surface area contributed by atoms with Crippen molar-refractivity contribution in [1.29, 1.82) is 0 Å². The van der Waals surface area contributed by atoms with Gasteiger partial charge in [-0.1, -0.05) is 13.5 Å². The first-order valence-electron chi connectivity index (χ1n) is 3.11. The van der Waals surface area contributed by atoms with Gasteiger partial charge in [-0.2, -0.15) is 0 Å². The van der Waals surface area contributed by atoms with E-state index in [9.17, 15) is 4.79 Å². The van der Waals surface area contributed by atoms with Gasteiger partial charge in [-0.15, -0.1) is 12.6 Å². The topological polar surface area (TPSA) is 26.3 Å². The number of benzene rings is 1. The standard InChI is InChI=1S/C8H8O2S.CH4/c1-10-8(9)6-3-2-4-7(11)5-6;/h2-5,11H,1H3;1H4. The van der Waals surface area contributed by atoms with E-state index in [-0.39, 0.29) is 13.4 Å². The average molecular weight is 184 g/mol. The maximum absolute atomic E-state index is 10.9. The molecule has 0 amide bonds. The van der Waals surface area contributed by atoms with Crippen molar-refractivity contribution in [3.63, 3.8) is 0 Å². The third-order valence-corrected chi connectivity index (χ3v) is 1.55. The van der Waals surface area contributed by atoms with E-state index in [0.29, 0.717) is 5.56 Å². The molecule has 0 aliphatic rings. The van der Waals surface area contributed by atoms with Crippen LogP contribution in [0.1, 0.15) is 17.8 Å². The van der Waals surface area contributed by atoms with E-state index in [4.69, 9.17) is 0 Å². The molecule has 0 radical (unpaired) electrons. The Balaban J connectivity index is 0.00000121. The van der Waals surface area contributed by atoms with Gasteiger partial charge in [0.15, 0.2) is 0 Å². The molecule has 2 nitrogen and oxygen atoms in total. The number of thiol groups is 1. The van der Waals surface area contributed by atoms with Crippen LogP contribution in [0.4, 0.5) is 0 Å². The lowest BCUT2D eigenvalue weighted by Crippen LogP contribution is -2.00. The largest absolute Gasteiger partial charge is 0.465 e. The first-order valence-corrected chi connectivity index (χ1v) is 3.56. The average Bonchev–Trinajstić information content (AvgIpc) is 2.03. The summed E-state index contributed by atoms with van der Waals surface area (Å²) in [5.41, 5.74) is 0.528. The number of hydrogen-bond donors (Lipinski definition) is 1. The van der Waals surface area contributed by atoms with Crippen molar-refractivity contribution in [2.24, 2.45) is 0 Å². The highest BCUT2D eigenvalue weighted by Gasteiger charge is 2.02. The Morgan fingerprint density at radius 3 is 2.67 bits per heavy atom. The van der Waals surface area contributed by atoms with Gasteiger partial charge in [0, 0.05) is 4.90 Å². The van der Waals surface area contributed by atoms with Crippen molar-refractivity contribution in [2.75, 3.05) is 7.11 Å². The summed E-state index contributed by atoms with van der Waals surface area (Å²) in [6.07, 6.45) is 0. The Morgan fingerprint density at radius 2 is 2.17 bits per heavy atom. The molecule has 0 saturated heterocycles. The molecule has 0 spiro atoms. The van der Waals surface area contributed by atoms with Crippen molar-refractivity contribution in [2.45, 2.75) is 12.3 Å². The summed E-state index contributed by atoms with van der Waals surface area (Å²) in [6, 6.07) is 6.91. The molecule has 0 aliphatic carbocycles. The van der Waals surface area contributed by atoms with Gasteiger partial charge in [0.05, 0.1) is 12.7 Å². The summed E-state index contributed by atoms with van der Waals surface area (Å²) in [5.74, 6) is -0.332. The number of carbonyl (C=O) groups excluding carboxylic acids is 1. The molecule has 1 rings (SSSR count). The minimum Gasteiger partial charge on any atom is -0.465 e. The number of ether oxygens (including phenoxy) is 1. The van der Waals surface area contributed by atoms with Gasteiger partial charge in [0.1, 0.15) is 0 Å². The zero-order valence-corrected chi connectivity index (χ0v) is 6.97. The van der Waals surface area contributed by atoms with Crippen molar-refractivity contribution < 1.29 is 9.53 Å². The van der Waals surface area contributed by atoms with Gasteiger partial charge < -0.3 is 4.74 Å². The van der Waals surface area contributed by atoms with Crippen LogP contribution in [0.25, 0.3) is 0 Å². The Hall–Kier alpha value is -0.960. The maximum Gasteiger partial charge on any atom is 0.337 e. The second-order valence-electron chi connectivity index (χ2n) is 2.04. The van der Waals surface area contributed by atoms with Crippen LogP contribution in [-0.2, 0) is 4.74 Å². The number of esters is 1. The van der Waals surface area contributed by atoms with Gasteiger partial charge in [-0.05, 0) is 18.2 Å². The Labute approximate surface area is 78.0 Å². The molecular formula is C9H12O2S. The highest BCUT2D eigenvalue weighted by Crippen LogP contribution is 2.09. The second-order valence-corrected chi connectivity index (χ2v) is 2.56.